The number of unbranched alkanes of at least 4 members (excludes halogenated alkanes) is 9. The molecule has 4 heteroatoms. The Morgan fingerprint density at radius 2 is 1.64 bits per heavy atom. The Morgan fingerprint density at radius 1 is 1.07 bits per heavy atom. The van der Waals surface area contributed by atoms with Crippen molar-refractivity contribution < 1.29 is 14.3 Å². The SMILES string of the molecule is C=C(C)C(=O)OCCCCCCCCCCCC.C=CC1CCCCNC1=O. The van der Waals surface area contributed by atoms with Crippen LogP contribution in [0.15, 0.2) is 24.8 Å². The summed E-state index contributed by atoms with van der Waals surface area (Å²) in [5.74, 6) is -0.0547. The van der Waals surface area contributed by atoms with E-state index in [1.54, 1.807) is 13.0 Å². The molecule has 0 bridgehead atoms. The Morgan fingerprint density at radius 3 is 2.18 bits per heavy atom. The van der Waals surface area contributed by atoms with Gasteiger partial charge in [0.25, 0.3) is 0 Å². The van der Waals surface area contributed by atoms with E-state index >= 15 is 0 Å². The molecule has 1 atom stereocenters. The molecule has 1 unspecified atom stereocenters. The van der Waals surface area contributed by atoms with Gasteiger partial charge in [-0.05, 0) is 26.2 Å². The highest BCUT2D eigenvalue weighted by atomic mass is 16.5. The van der Waals surface area contributed by atoms with Crippen LogP contribution in [0, 0.1) is 5.92 Å². The highest BCUT2D eigenvalue weighted by Gasteiger charge is 2.16. The number of carbonyl (C=O) groups excluding carboxylic acids is 2. The Hall–Kier alpha value is -1.58. The van der Waals surface area contributed by atoms with Crippen molar-refractivity contribution >= 4 is 11.9 Å². The number of carbonyl (C=O) groups is 2. The maximum Gasteiger partial charge on any atom is 0.333 e. The molecule has 0 radical (unpaired) electrons. The van der Waals surface area contributed by atoms with E-state index in [-0.39, 0.29) is 17.8 Å². The third-order valence-corrected chi connectivity index (χ3v) is 4.94. The van der Waals surface area contributed by atoms with Crippen molar-refractivity contribution in [2.75, 3.05) is 13.2 Å². The van der Waals surface area contributed by atoms with E-state index in [0.717, 1.165) is 32.2 Å². The molecule has 0 saturated carbocycles. The summed E-state index contributed by atoms with van der Waals surface area (Å²) in [5.41, 5.74) is 0.488. The van der Waals surface area contributed by atoms with Gasteiger partial charge in [0, 0.05) is 12.1 Å². The fourth-order valence-electron chi connectivity index (χ4n) is 3.07. The molecule has 1 fully saturated rings. The summed E-state index contributed by atoms with van der Waals surface area (Å²) in [5, 5.41) is 2.84. The minimum atomic E-state index is -0.258. The Balaban J connectivity index is 0.000000609. The van der Waals surface area contributed by atoms with Gasteiger partial charge in [-0.3, -0.25) is 4.79 Å². The molecule has 0 spiro atoms. The van der Waals surface area contributed by atoms with E-state index in [4.69, 9.17) is 4.74 Å². The Kier molecular flexibility index (Phi) is 17.7. The van der Waals surface area contributed by atoms with Crippen molar-refractivity contribution in [1.82, 2.24) is 5.32 Å². The molecule has 1 N–H and O–H groups in total. The maximum absolute atomic E-state index is 11.1. The molecule has 1 aliphatic heterocycles. The van der Waals surface area contributed by atoms with Gasteiger partial charge in [-0.25, -0.2) is 4.79 Å². The van der Waals surface area contributed by atoms with E-state index in [2.05, 4.69) is 25.4 Å². The molecule has 0 aromatic heterocycles. The van der Waals surface area contributed by atoms with Crippen LogP contribution in [-0.2, 0) is 14.3 Å². The monoisotopic (exact) mass is 393 g/mol. The number of esters is 1. The van der Waals surface area contributed by atoms with Crippen LogP contribution in [0.3, 0.4) is 0 Å². The van der Waals surface area contributed by atoms with Crippen LogP contribution in [0.2, 0.25) is 0 Å². The van der Waals surface area contributed by atoms with Crippen LogP contribution < -0.4 is 5.32 Å². The van der Waals surface area contributed by atoms with Crippen molar-refractivity contribution in [2.45, 2.75) is 97.3 Å². The van der Waals surface area contributed by atoms with Gasteiger partial charge in [-0.1, -0.05) is 83.8 Å². The van der Waals surface area contributed by atoms with E-state index in [0.29, 0.717) is 12.2 Å². The number of ether oxygens (including phenoxy) is 1. The normalized spacial score (nSPS) is 16.2. The van der Waals surface area contributed by atoms with Gasteiger partial charge in [-0.15, -0.1) is 6.58 Å². The molecule has 28 heavy (non-hydrogen) atoms. The summed E-state index contributed by atoms with van der Waals surface area (Å²) in [6.07, 6.45) is 17.9. The lowest BCUT2D eigenvalue weighted by Gasteiger charge is -2.05. The molecular weight excluding hydrogens is 350 g/mol. The first-order valence-electron chi connectivity index (χ1n) is 11.3. The highest BCUT2D eigenvalue weighted by molar-refractivity contribution is 5.86. The van der Waals surface area contributed by atoms with Gasteiger partial charge in [0.05, 0.1) is 12.5 Å². The third-order valence-electron chi connectivity index (χ3n) is 4.94. The molecule has 4 nitrogen and oxygen atoms in total. The Bertz CT molecular complexity index is 445. The minimum absolute atomic E-state index is 0.0579. The van der Waals surface area contributed by atoms with Gasteiger partial charge in [0.15, 0.2) is 0 Å². The summed E-state index contributed by atoms with van der Waals surface area (Å²) in [7, 11) is 0. The van der Waals surface area contributed by atoms with Crippen LogP contribution in [0.5, 0.6) is 0 Å². The average Bonchev–Trinajstić information content (AvgIpc) is 2.90. The standard InChI is InChI=1S/C16H30O2.C8H13NO/c1-4-5-6-7-8-9-10-11-12-13-14-18-16(17)15(2)3;1-2-7-5-3-4-6-9-8(7)10/h2,4-14H2,1,3H3;2,7H,1,3-6H2,(H,9,10). The number of amides is 1. The van der Waals surface area contributed by atoms with E-state index < -0.39 is 0 Å². The largest absolute Gasteiger partial charge is 0.462 e. The van der Waals surface area contributed by atoms with Gasteiger partial charge in [0.2, 0.25) is 5.91 Å². The summed E-state index contributed by atoms with van der Waals surface area (Å²) in [6, 6.07) is 0. The molecule has 162 valence electrons. The first-order valence-corrected chi connectivity index (χ1v) is 11.3. The Labute approximate surface area is 173 Å². The van der Waals surface area contributed by atoms with Gasteiger partial charge < -0.3 is 10.1 Å². The molecule has 1 amide bonds. The lowest BCUT2D eigenvalue weighted by Crippen LogP contribution is -2.27. The number of rotatable bonds is 13. The lowest BCUT2D eigenvalue weighted by molar-refractivity contribution is -0.139. The summed E-state index contributed by atoms with van der Waals surface area (Å²) in [6.45, 7) is 12.5. The van der Waals surface area contributed by atoms with E-state index in [1.807, 2.05) is 0 Å². The molecule has 1 heterocycles. The van der Waals surface area contributed by atoms with Crippen molar-refractivity contribution in [3.05, 3.63) is 24.8 Å². The van der Waals surface area contributed by atoms with Crippen LogP contribution >= 0.6 is 0 Å². The van der Waals surface area contributed by atoms with E-state index in [1.165, 1.54) is 57.8 Å². The predicted octanol–water partition coefficient (Wildman–Crippen LogP) is 6.12. The second-order valence-corrected chi connectivity index (χ2v) is 7.73. The second kappa shape index (κ2) is 18.8. The maximum atomic E-state index is 11.1. The van der Waals surface area contributed by atoms with Gasteiger partial charge in [-0.2, -0.15) is 0 Å². The molecule has 1 rings (SSSR count). The van der Waals surface area contributed by atoms with Crippen LogP contribution in [0.25, 0.3) is 0 Å². The molecule has 1 saturated heterocycles. The third kappa shape index (κ3) is 15.5. The number of nitrogens with one attached hydrogen (secondary N) is 1. The fraction of sp³-hybridized carbons (Fsp3) is 0.750. The molecule has 1 aliphatic rings. The minimum Gasteiger partial charge on any atom is -0.462 e. The fourth-order valence-corrected chi connectivity index (χ4v) is 3.07. The topological polar surface area (TPSA) is 55.4 Å². The zero-order valence-electron chi connectivity index (χ0n) is 18.4. The molecule has 0 aromatic rings. The first kappa shape index (κ1) is 26.4. The average molecular weight is 394 g/mol. The van der Waals surface area contributed by atoms with Crippen LogP contribution in [-0.4, -0.2) is 25.0 Å². The molecule has 0 aliphatic carbocycles. The first-order chi connectivity index (χ1) is 13.5. The van der Waals surface area contributed by atoms with Crippen molar-refractivity contribution in [2.24, 2.45) is 5.92 Å². The van der Waals surface area contributed by atoms with Crippen LogP contribution in [0.1, 0.15) is 97.3 Å². The zero-order valence-corrected chi connectivity index (χ0v) is 18.4. The van der Waals surface area contributed by atoms with Gasteiger partial charge in [0.1, 0.15) is 0 Å². The highest BCUT2D eigenvalue weighted by Crippen LogP contribution is 2.12. The zero-order chi connectivity index (χ0) is 21.0. The summed E-state index contributed by atoms with van der Waals surface area (Å²) in [4.78, 5) is 22.1. The van der Waals surface area contributed by atoms with Crippen molar-refractivity contribution in [3.63, 3.8) is 0 Å². The van der Waals surface area contributed by atoms with Crippen molar-refractivity contribution in [3.8, 4) is 0 Å². The number of hydrogen-bond donors (Lipinski definition) is 1. The van der Waals surface area contributed by atoms with Gasteiger partial charge >= 0.3 is 5.97 Å². The van der Waals surface area contributed by atoms with E-state index in [9.17, 15) is 9.59 Å². The number of hydrogen-bond acceptors (Lipinski definition) is 3. The summed E-state index contributed by atoms with van der Waals surface area (Å²) >= 11 is 0. The second-order valence-electron chi connectivity index (χ2n) is 7.73. The summed E-state index contributed by atoms with van der Waals surface area (Å²) < 4.78 is 5.04. The quantitative estimate of drug-likeness (QED) is 0.178. The smallest absolute Gasteiger partial charge is 0.333 e. The lowest BCUT2D eigenvalue weighted by atomic mass is 10.0. The van der Waals surface area contributed by atoms with Crippen molar-refractivity contribution in [1.29, 1.82) is 0 Å². The molecular formula is C24H43NO3. The van der Waals surface area contributed by atoms with Crippen LogP contribution in [0.4, 0.5) is 0 Å². The predicted molar refractivity (Wildman–Crippen MR) is 118 cm³/mol. The molecule has 0 aromatic carbocycles.